The molecule has 1 aliphatic carbocycles. The lowest BCUT2D eigenvalue weighted by atomic mass is 9.93. The Morgan fingerprint density at radius 1 is 1.14 bits per heavy atom. The number of rotatable bonds is 8. The Balaban J connectivity index is 1.35. The summed E-state index contributed by atoms with van der Waals surface area (Å²) >= 11 is 0. The van der Waals surface area contributed by atoms with Crippen molar-refractivity contribution in [3.05, 3.63) is 29.9 Å². The highest BCUT2D eigenvalue weighted by molar-refractivity contribution is 7.89. The summed E-state index contributed by atoms with van der Waals surface area (Å²) in [5, 5.41) is 4.07. The number of benzene rings is 1. The Morgan fingerprint density at radius 3 is 2.55 bits per heavy atom. The summed E-state index contributed by atoms with van der Waals surface area (Å²) in [6.07, 6.45) is 5.65. The highest BCUT2D eigenvalue weighted by atomic mass is 32.2. The van der Waals surface area contributed by atoms with Crippen molar-refractivity contribution in [2.45, 2.75) is 49.3 Å². The second-order valence-corrected chi connectivity index (χ2v) is 9.63. The number of sulfonamides is 1. The summed E-state index contributed by atoms with van der Waals surface area (Å²) in [5.74, 6) is 3.28. The first-order valence-electron chi connectivity index (χ1n) is 10.1. The van der Waals surface area contributed by atoms with Crippen molar-refractivity contribution in [1.82, 2.24) is 14.4 Å². The lowest BCUT2D eigenvalue weighted by Gasteiger charge is -2.31. The highest BCUT2D eigenvalue weighted by Gasteiger charge is 2.32. The molecule has 0 spiro atoms. The molecule has 29 heavy (non-hydrogen) atoms. The second-order valence-electron chi connectivity index (χ2n) is 7.73. The van der Waals surface area contributed by atoms with Crippen LogP contribution in [0, 0.1) is 5.92 Å². The molecule has 9 heteroatoms. The Kier molecular flexibility index (Phi) is 5.78. The molecule has 2 aliphatic rings. The summed E-state index contributed by atoms with van der Waals surface area (Å²) in [4.78, 5) is 4.63. The zero-order valence-corrected chi connectivity index (χ0v) is 17.7. The highest BCUT2D eigenvalue weighted by Crippen LogP contribution is 2.39. The molecule has 2 heterocycles. The van der Waals surface area contributed by atoms with E-state index in [1.807, 2.05) is 0 Å². The molecule has 0 bridgehead atoms. The molecule has 1 aromatic heterocycles. The van der Waals surface area contributed by atoms with Gasteiger partial charge in [0.1, 0.15) is 16.4 Å². The van der Waals surface area contributed by atoms with Crippen molar-refractivity contribution >= 4 is 10.0 Å². The van der Waals surface area contributed by atoms with E-state index in [-0.39, 0.29) is 4.90 Å². The standard InChI is InChI=1S/C20H27N3O5S/c1-26-16-6-7-17(27-2)18(13-16)29(24,25)23-11-9-14(10-12-23)3-8-19-21-20(28-22-19)15-4-5-15/h6-7,13-15H,3-5,8-12H2,1-2H3. The molecular weight excluding hydrogens is 394 g/mol. The zero-order chi connectivity index (χ0) is 20.4. The fraction of sp³-hybridized carbons (Fsp3) is 0.600. The van der Waals surface area contributed by atoms with Crippen LogP contribution < -0.4 is 9.47 Å². The number of nitrogens with zero attached hydrogens (tertiary/aromatic N) is 3. The van der Waals surface area contributed by atoms with Gasteiger partial charge in [-0.25, -0.2) is 8.42 Å². The molecule has 8 nitrogen and oxygen atoms in total. The van der Waals surface area contributed by atoms with Gasteiger partial charge in [-0.15, -0.1) is 0 Å². The SMILES string of the molecule is COc1ccc(OC)c(S(=O)(=O)N2CCC(CCc3noc(C4CC4)n3)CC2)c1. The summed E-state index contributed by atoms with van der Waals surface area (Å²) < 4.78 is 43.6. The van der Waals surface area contributed by atoms with Crippen LogP contribution in [0.1, 0.15) is 49.7 Å². The van der Waals surface area contributed by atoms with Crippen LogP contribution in [0.4, 0.5) is 0 Å². The first-order chi connectivity index (χ1) is 14.0. The fourth-order valence-electron chi connectivity index (χ4n) is 3.76. The molecule has 0 unspecified atom stereocenters. The molecule has 0 atom stereocenters. The van der Waals surface area contributed by atoms with Gasteiger partial charge in [0.05, 0.1) is 14.2 Å². The van der Waals surface area contributed by atoms with Gasteiger partial charge in [-0.2, -0.15) is 9.29 Å². The first kappa shape index (κ1) is 20.2. The minimum Gasteiger partial charge on any atom is -0.497 e. The normalized spacial score (nSPS) is 18.7. The summed E-state index contributed by atoms with van der Waals surface area (Å²) in [6.45, 7) is 0.986. The molecule has 1 aromatic carbocycles. The predicted octanol–water partition coefficient (Wildman–Crippen LogP) is 3.00. The van der Waals surface area contributed by atoms with Gasteiger partial charge < -0.3 is 14.0 Å². The monoisotopic (exact) mass is 421 g/mol. The lowest BCUT2D eigenvalue weighted by molar-refractivity contribution is 0.261. The first-order valence-corrected chi connectivity index (χ1v) is 11.5. The third kappa shape index (κ3) is 4.40. The minimum atomic E-state index is -3.64. The number of ether oxygens (including phenoxy) is 2. The van der Waals surface area contributed by atoms with Crippen LogP contribution >= 0.6 is 0 Å². The van der Waals surface area contributed by atoms with Crippen LogP contribution in [0.2, 0.25) is 0 Å². The average Bonchev–Trinajstić information content (AvgIpc) is 3.50. The maximum atomic E-state index is 13.2. The van der Waals surface area contributed by atoms with E-state index in [4.69, 9.17) is 14.0 Å². The summed E-state index contributed by atoms with van der Waals surface area (Å²) in [6, 6.07) is 4.84. The van der Waals surface area contributed by atoms with E-state index in [1.54, 1.807) is 16.4 Å². The Bertz CT molecular complexity index is 947. The predicted molar refractivity (Wildman–Crippen MR) is 106 cm³/mol. The number of aromatic nitrogens is 2. The number of piperidine rings is 1. The molecule has 0 N–H and O–H groups in total. The van der Waals surface area contributed by atoms with E-state index in [0.29, 0.717) is 36.4 Å². The van der Waals surface area contributed by atoms with Crippen LogP contribution in [0.15, 0.2) is 27.6 Å². The van der Waals surface area contributed by atoms with Crippen molar-refractivity contribution in [1.29, 1.82) is 0 Å². The molecule has 2 fully saturated rings. The molecule has 2 aromatic rings. The molecule has 0 amide bonds. The number of methoxy groups -OCH3 is 2. The van der Waals surface area contributed by atoms with Crippen LogP contribution in [-0.4, -0.2) is 50.2 Å². The van der Waals surface area contributed by atoms with Gasteiger partial charge in [-0.1, -0.05) is 5.16 Å². The topological polar surface area (TPSA) is 94.8 Å². The molecule has 0 radical (unpaired) electrons. The van der Waals surface area contributed by atoms with Crippen molar-refractivity contribution in [3.8, 4) is 11.5 Å². The molecule has 4 rings (SSSR count). The molecular formula is C20H27N3O5S. The second kappa shape index (κ2) is 8.31. The molecule has 1 saturated carbocycles. The van der Waals surface area contributed by atoms with Crippen LogP contribution in [0.25, 0.3) is 0 Å². The molecule has 1 aliphatic heterocycles. The third-order valence-corrected chi connectivity index (χ3v) is 7.67. The van der Waals surface area contributed by atoms with E-state index in [1.165, 1.54) is 20.3 Å². The van der Waals surface area contributed by atoms with Gasteiger partial charge in [0, 0.05) is 31.5 Å². The Morgan fingerprint density at radius 2 is 1.90 bits per heavy atom. The molecule has 158 valence electrons. The smallest absolute Gasteiger partial charge is 0.246 e. The van der Waals surface area contributed by atoms with E-state index >= 15 is 0 Å². The fourth-order valence-corrected chi connectivity index (χ4v) is 5.40. The van der Waals surface area contributed by atoms with Crippen LogP contribution in [-0.2, 0) is 16.4 Å². The average molecular weight is 422 g/mol. The van der Waals surface area contributed by atoms with Crippen molar-refractivity contribution in [2.24, 2.45) is 5.92 Å². The van der Waals surface area contributed by atoms with Gasteiger partial charge in [-0.05, 0) is 50.2 Å². The van der Waals surface area contributed by atoms with Crippen LogP contribution in [0.5, 0.6) is 11.5 Å². The van der Waals surface area contributed by atoms with Crippen molar-refractivity contribution in [3.63, 3.8) is 0 Å². The van der Waals surface area contributed by atoms with Gasteiger partial charge in [0.15, 0.2) is 5.82 Å². The zero-order valence-electron chi connectivity index (χ0n) is 16.8. The summed E-state index contributed by atoms with van der Waals surface area (Å²) in [5.41, 5.74) is 0. The number of hydrogen-bond acceptors (Lipinski definition) is 7. The van der Waals surface area contributed by atoms with E-state index < -0.39 is 10.0 Å². The van der Waals surface area contributed by atoms with Gasteiger partial charge in [-0.3, -0.25) is 0 Å². The van der Waals surface area contributed by atoms with E-state index in [2.05, 4.69) is 10.1 Å². The summed E-state index contributed by atoms with van der Waals surface area (Å²) in [7, 11) is -0.652. The quantitative estimate of drug-likeness (QED) is 0.646. The number of aryl methyl sites for hydroxylation is 1. The van der Waals surface area contributed by atoms with Gasteiger partial charge >= 0.3 is 0 Å². The molecule has 1 saturated heterocycles. The maximum Gasteiger partial charge on any atom is 0.246 e. The van der Waals surface area contributed by atoms with Crippen LogP contribution in [0.3, 0.4) is 0 Å². The Labute approximate surface area is 171 Å². The van der Waals surface area contributed by atoms with Crippen molar-refractivity contribution < 1.29 is 22.4 Å². The number of hydrogen-bond donors (Lipinski definition) is 0. The minimum absolute atomic E-state index is 0.150. The lowest BCUT2D eigenvalue weighted by Crippen LogP contribution is -2.38. The van der Waals surface area contributed by atoms with Gasteiger partial charge in [0.25, 0.3) is 0 Å². The van der Waals surface area contributed by atoms with Crippen molar-refractivity contribution in [2.75, 3.05) is 27.3 Å². The third-order valence-electron chi connectivity index (χ3n) is 5.75. The van der Waals surface area contributed by atoms with E-state index in [9.17, 15) is 8.42 Å². The van der Waals surface area contributed by atoms with Gasteiger partial charge in [0.2, 0.25) is 15.9 Å². The van der Waals surface area contributed by atoms with E-state index in [0.717, 1.165) is 50.2 Å². The maximum absolute atomic E-state index is 13.2. The Hall–Kier alpha value is -2.13. The largest absolute Gasteiger partial charge is 0.497 e.